The summed E-state index contributed by atoms with van der Waals surface area (Å²) < 4.78 is 12.9. The number of nitrogens with two attached hydrogens (primary N) is 1. The maximum atomic E-state index is 12.9. The normalized spacial score (nSPS) is 20.1. The molecule has 1 aliphatic heterocycles. The van der Waals surface area contributed by atoms with Crippen molar-refractivity contribution in [1.82, 2.24) is 4.90 Å². The Morgan fingerprint density at radius 3 is 3.00 bits per heavy atom. The van der Waals surface area contributed by atoms with Crippen LogP contribution < -0.4 is 5.73 Å². The number of amides is 1. The molecule has 17 heavy (non-hydrogen) atoms. The SMILES string of the molecule is NC1CCN(C(=O)/C=C/c2cccc(F)c2)C1. The van der Waals surface area contributed by atoms with Crippen LogP contribution in [-0.2, 0) is 4.79 Å². The molecule has 0 aliphatic carbocycles. The second-order valence-electron chi connectivity index (χ2n) is 4.22. The zero-order chi connectivity index (χ0) is 12.3. The first kappa shape index (κ1) is 11.8. The maximum absolute atomic E-state index is 12.9. The molecule has 4 heteroatoms. The van der Waals surface area contributed by atoms with Crippen molar-refractivity contribution in [2.75, 3.05) is 13.1 Å². The first-order chi connectivity index (χ1) is 8.15. The van der Waals surface area contributed by atoms with Gasteiger partial charge < -0.3 is 10.6 Å². The van der Waals surface area contributed by atoms with Gasteiger partial charge in [-0.1, -0.05) is 12.1 Å². The Kier molecular flexibility index (Phi) is 3.54. The summed E-state index contributed by atoms with van der Waals surface area (Å²) in [6.45, 7) is 1.31. The number of hydrogen-bond acceptors (Lipinski definition) is 2. The van der Waals surface area contributed by atoms with Crippen LogP contribution in [0.15, 0.2) is 30.3 Å². The molecule has 2 rings (SSSR count). The second-order valence-corrected chi connectivity index (χ2v) is 4.22. The molecule has 1 fully saturated rings. The van der Waals surface area contributed by atoms with E-state index < -0.39 is 0 Å². The van der Waals surface area contributed by atoms with Gasteiger partial charge in [0.2, 0.25) is 5.91 Å². The molecule has 0 spiro atoms. The summed E-state index contributed by atoms with van der Waals surface area (Å²) in [6, 6.07) is 6.22. The van der Waals surface area contributed by atoms with Crippen molar-refractivity contribution in [2.45, 2.75) is 12.5 Å². The van der Waals surface area contributed by atoms with Crippen LogP contribution >= 0.6 is 0 Å². The minimum atomic E-state index is -0.303. The quantitative estimate of drug-likeness (QED) is 0.786. The molecule has 3 nitrogen and oxygen atoms in total. The standard InChI is InChI=1S/C13H15FN2O/c14-11-3-1-2-10(8-11)4-5-13(17)16-7-6-12(15)9-16/h1-5,8,12H,6-7,9,15H2/b5-4+. The molecule has 0 saturated carbocycles. The van der Waals surface area contributed by atoms with E-state index in [-0.39, 0.29) is 17.8 Å². The number of hydrogen-bond donors (Lipinski definition) is 1. The zero-order valence-electron chi connectivity index (χ0n) is 9.47. The predicted molar refractivity (Wildman–Crippen MR) is 64.6 cm³/mol. The molecule has 2 N–H and O–H groups in total. The van der Waals surface area contributed by atoms with Crippen molar-refractivity contribution >= 4 is 12.0 Å². The smallest absolute Gasteiger partial charge is 0.246 e. The highest BCUT2D eigenvalue weighted by molar-refractivity contribution is 5.92. The molecule has 1 aromatic carbocycles. The number of likely N-dealkylation sites (tertiary alicyclic amines) is 1. The van der Waals surface area contributed by atoms with E-state index in [1.807, 2.05) is 0 Å². The minimum absolute atomic E-state index is 0.0674. The summed E-state index contributed by atoms with van der Waals surface area (Å²) in [5.41, 5.74) is 6.40. The van der Waals surface area contributed by atoms with Crippen LogP contribution in [0.5, 0.6) is 0 Å². The van der Waals surface area contributed by atoms with Gasteiger partial charge in [0.05, 0.1) is 0 Å². The van der Waals surface area contributed by atoms with Crippen molar-refractivity contribution in [3.63, 3.8) is 0 Å². The average molecular weight is 234 g/mol. The van der Waals surface area contributed by atoms with E-state index in [1.165, 1.54) is 18.2 Å². The lowest BCUT2D eigenvalue weighted by Crippen LogP contribution is -2.30. The molecule has 90 valence electrons. The van der Waals surface area contributed by atoms with E-state index in [0.29, 0.717) is 18.7 Å². The van der Waals surface area contributed by atoms with Gasteiger partial charge in [-0.3, -0.25) is 4.79 Å². The molecule has 1 heterocycles. The van der Waals surface area contributed by atoms with E-state index in [1.54, 1.807) is 23.1 Å². The molecule has 1 saturated heterocycles. The Morgan fingerprint density at radius 1 is 1.53 bits per heavy atom. The van der Waals surface area contributed by atoms with Crippen LogP contribution in [0.25, 0.3) is 6.08 Å². The van der Waals surface area contributed by atoms with Gasteiger partial charge in [-0.15, -0.1) is 0 Å². The van der Waals surface area contributed by atoms with Gasteiger partial charge in [0.25, 0.3) is 0 Å². The van der Waals surface area contributed by atoms with Crippen LogP contribution in [-0.4, -0.2) is 29.9 Å². The Bertz CT molecular complexity index is 445. The van der Waals surface area contributed by atoms with Crippen LogP contribution in [0.4, 0.5) is 4.39 Å². The highest BCUT2D eigenvalue weighted by Gasteiger charge is 2.21. The zero-order valence-corrected chi connectivity index (χ0v) is 9.47. The number of benzene rings is 1. The average Bonchev–Trinajstić information content (AvgIpc) is 2.73. The van der Waals surface area contributed by atoms with Crippen molar-refractivity contribution in [3.05, 3.63) is 41.7 Å². The first-order valence-corrected chi connectivity index (χ1v) is 5.63. The summed E-state index contributed by atoms with van der Waals surface area (Å²) in [5, 5.41) is 0. The van der Waals surface area contributed by atoms with Crippen LogP contribution in [0, 0.1) is 5.82 Å². The van der Waals surface area contributed by atoms with Gasteiger partial charge in [-0.2, -0.15) is 0 Å². The molecular weight excluding hydrogens is 219 g/mol. The third-order valence-corrected chi connectivity index (χ3v) is 2.80. The third kappa shape index (κ3) is 3.14. The van der Waals surface area contributed by atoms with Crippen molar-refractivity contribution in [1.29, 1.82) is 0 Å². The van der Waals surface area contributed by atoms with Gasteiger partial charge in [0.1, 0.15) is 5.82 Å². The number of halogens is 1. The molecule has 0 aromatic heterocycles. The molecule has 0 radical (unpaired) electrons. The Morgan fingerprint density at radius 2 is 2.35 bits per heavy atom. The Hall–Kier alpha value is -1.68. The van der Waals surface area contributed by atoms with Gasteiger partial charge in [0, 0.05) is 25.2 Å². The maximum Gasteiger partial charge on any atom is 0.246 e. The molecule has 0 bridgehead atoms. The molecule has 1 unspecified atom stereocenters. The first-order valence-electron chi connectivity index (χ1n) is 5.63. The predicted octanol–water partition coefficient (Wildman–Crippen LogP) is 1.40. The molecule has 1 aromatic rings. The van der Waals surface area contributed by atoms with E-state index >= 15 is 0 Å². The molecular formula is C13H15FN2O. The number of carbonyl (C=O) groups excluding carboxylic acids is 1. The van der Waals surface area contributed by atoms with E-state index in [2.05, 4.69) is 0 Å². The highest BCUT2D eigenvalue weighted by atomic mass is 19.1. The summed E-state index contributed by atoms with van der Waals surface area (Å²) in [7, 11) is 0. The fourth-order valence-corrected chi connectivity index (χ4v) is 1.87. The van der Waals surface area contributed by atoms with Crippen LogP contribution in [0.3, 0.4) is 0 Å². The lowest BCUT2D eigenvalue weighted by atomic mass is 10.2. The molecule has 1 aliphatic rings. The van der Waals surface area contributed by atoms with Gasteiger partial charge in [-0.25, -0.2) is 4.39 Å². The lowest BCUT2D eigenvalue weighted by molar-refractivity contribution is -0.124. The lowest BCUT2D eigenvalue weighted by Gasteiger charge is -2.12. The number of rotatable bonds is 2. The Balaban J connectivity index is 1.98. The summed E-state index contributed by atoms with van der Waals surface area (Å²) in [4.78, 5) is 13.4. The largest absolute Gasteiger partial charge is 0.338 e. The fraction of sp³-hybridized carbons (Fsp3) is 0.308. The topological polar surface area (TPSA) is 46.3 Å². The summed E-state index contributed by atoms with van der Waals surface area (Å²) >= 11 is 0. The molecule has 1 amide bonds. The highest BCUT2D eigenvalue weighted by Crippen LogP contribution is 2.09. The summed E-state index contributed by atoms with van der Waals surface area (Å²) in [5.74, 6) is -0.370. The molecule has 1 atom stereocenters. The summed E-state index contributed by atoms with van der Waals surface area (Å²) in [6.07, 6.45) is 3.93. The Labute approximate surface area is 99.7 Å². The van der Waals surface area contributed by atoms with Crippen molar-refractivity contribution in [3.8, 4) is 0 Å². The van der Waals surface area contributed by atoms with Gasteiger partial charge in [0.15, 0.2) is 0 Å². The van der Waals surface area contributed by atoms with Crippen LogP contribution in [0.1, 0.15) is 12.0 Å². The second kappa shape index (κ2) is 5.10. The fourth-order valence-electron chi connectivity index (χ4n) is 1.87. The monoisotopic (exact) mass is 234 g/mol. The van der Waals surface area contributed by atoms with Gasteiger partial charge in [-0.05, 0) is 30.2 Å². The van der Waals surface area contributed by atoms with E-state index in [4.69, 9.17) is 5.73 Å². The number of carbonyl (C=O) groups is 1. The van der Waals surface area contributed by atoms with Crippen LogP contribution in [0.2, 0.25) is 0 Å². The van der Waals surface area contributed by atoms with E-state index in [9.17, 15) is 9.18 Å². The van der Waals surface area contributed by atoms with Gasteiger partial charge >= 0.3 is 0 Å². The minimum Gasteiger partial charge on any atom is -0.338 e. The van der Waals surface area contributed by atoms with Crippen molar-refractivity contribution in [2.24, 2.45) is 5.73 Å². The van der Waals surface area contributed by atoms with E-state index in [0.717, 1.165) is 6.42 Å². The van der Waals surface area contributed by atoms with Crippen molar-refractivity contribution < 1.29 is 9.18 Å². The number of nitrogens with zero attached hydrogens (tertiary/aromatic N) is 1. The third-order valence-electron chi connectivity index (χ3n) is 2.80.